The highest BCUT2D eigenvalue weighted by Gasteiger charge is 2.21. The Morgan fingerprint density at radius 1 is 1.56 bits per heavy atom. The molecule has 0 aromatic rings. The molecule has 2 N–H and O–H groups in total. The van der Waals surface area contributed by atoms with Gasteiger partial charge in [0.25, 0.3) is 0 Å². The minimum Gasteiger partial charge on any atom is -0.396 e. The van der Waals surface area contributed by atoms with Crippen molar-refractivity contribution in [2.75, 3.05) is 19.7 Å². The summed E-state index contributed by atoms with van der Waals surface area (Å²) in [5.74, 6) is 2.11. The molecule has 0 aromatic heterocycles. The summed E-state index contributed by atoms with van der Waals surface area (Å²) in [6.07, 6.45) is 5.88. The molecule has 0 spiro atoms. The second-order valence-corrected chi connectivity index (χ2v) is 5.38. The van der Waals surface area contributed by atoms with Crippen LogP contribution in [0.25, 0.3) is 0 Å². The van der Waals surface area contributed by atoms with Crippen molar-refractivity contribution in [1.29, 1.82) is 0 Å². The van der Waals surface area contributed by atoms with Crippen molar-refractivity contribution in [2.45, 2.75) is 40.0 Å². The van der Waals surface area contributed by atoms with Crippen LogP contribution in [0.5, 0.6) is 0 Å². The Balaban J connectivity index is 2.25. The average Bonchev–Trinajstić information content (AvgIpc) is 2.23. The predicted octanol–water partition coefficient (Wildman–Crippen LogP) is 2.59. The largest absolute Gasteiger partial charge is 0.396 e. The summed E-state index contributed by atoms with van der Waals surface area (Å²) in [5.41, 5.74) is 1.56. The van der Waals surface area contributed by atoms with Gasteiger partial charge in [0.15, 0.2) is 0 Å². The van der Waals surface area contributed by atoms with E-state index in [0.717, 1.165) is 31.3 Å². The summed E-state index contributed by atoms with van der Waals surface area (Å²) in [4.78, 5) is 0. The van der Waals surface area contributed by atoms with Gasteiger partial charge in [-0.15, -0.1) is 0 Å². The molecule has 0 fully saturated rings. The Kier molecular flexibility index (Phi) is 6.07. The second-order valence-electron chi connectivity index (χ2n) is 5.38. The highest BCUT2D eigenvalue weighted by molar-refractivity contribution is 5.09. The normalized spacial score (nSPS) is 27.6. The summed E-state index contributed by atoms with van der Waals surface area (Å²) < 4.78 is 0. The highest BCUT2D eigenvalue weighted by atomic mass is 16.3. The molecule has 16 heavy (non-hydrogen) atoms. The summed E-state index contributed by atoms with van der Waals surface area (Å²) >= 11 is 0. The van der Waals surface area contributed by atoms with Gasteiger partial charge < -0.3 is 10.4 Å². The molecule has 1 aliphatic carbocycles. The fourth-order valence-electron chi connectivity index (χ4n) is 2.55. The lowest BCUT2D eigenvalue weighted by atomic mass is 9.80. The minimum atomic E-state index is 0.307. The Morgan fingerprint density at radius 2 is 2.31 bits per heavy atom. The van der Waals surface area contributed by atoms with Gasteiger partial charge in [-0.1, -0.05) is 25.5 Å². The molecule has 1 rings (SSSR count). The molecule has 0 amide bonds. The van der Waals surface area contributed by atoms with E-state index in [1.165, 1.54) is 12.8 Å². The zero-order chi connectivity index (χ0) is 12.0. The first-order valence-electron chi connectivity index (χ1n) is 6.63. The molecule has 0 unspecified atom stereocenters. The standard InChI is InChI=1S/C14H27NO/c1-11(7-8-16)9-15-10-14-12(2)5-4-6-13(14)3/h5,11,13-16H,4,6-10H2,1-3H3/t11-,13-,14-/m0/s1. The number of aliphatic hydroxyl groups is 1. The smallest absolute Gasteiger partial charge is 0.0434 e. The Labute approximate surface area is 100 Å². The van der Waals surface area contributed by atoms with E-state index < -0.39 is 0 Å². The van der Waals surface area contributed by atoms with Crippen LogP contribution < -0.4 is 5.32 Å². The molecule has 0 heterocycles. The highest BCUT2D eigenvalue weighted by Crippen LogP contribution is 2.29. The third-order valence-electron chi connectivity index (χ3n) is 3.84. The van der Waals surface area contributed by atoms with Crippen molar-refractivity contribution in [3.63, 3.8) is 0 Å². The molecule has 0 radical (unpaired) electrons. The van der Waals surface area contributed by atoms with E-state index in [1.807, 2.05) is 0 Å². The molecule has 0 bridgehead atoms. The van der Waals surface area contributed by atoms with E-state index in [4.69, 9.17) is 5.11 Å². The molecule has 1 aliphatic rings. The van der Waals surface area contributed by atoms with Crippen LogP contribution in [0, 0.1) is 17.8 Å². The van der Waals surface area contributed by atoms with Crippen molar-refractivity contribution >= 4 is 0 Å². The Bertz CT molecular complexity index is 225. The van der Waals surface area contributed by atoms with Gasteiger partial charge in [0, 0.05) is 13.2 Å². The van der Waals surface area contributed by atoms with E-state index in [9.17, 15) is 0 Å². The lowest BCUT2D eigenvalue weighted by Crippen LogP contribution is -2.32. The zero-order valence-electron chi connectivity index (χ0n) is 11.0. The average molecular weight is 225 g/mol. The van der Waals surface area contributed by atoms with E-state index in [0.29, 0.717) is 12.5 Å². The maximum absolute atomic E-state index is 8.83. The molecule has 2 nitrogen and oxygen atoms in total. The van der Waals surface area contributed by atoms with Gasteiger partial charge in [0.1, 0.15) is 0 Å². The Hall–Kier alpha value is -0.340. The van der Waals surface area contributed by atoms with Crippen LogP contribution in [-0.2, 0) is 0 Å². The third kappa shape index (κ3) is 4.26. The molecule has 94 valence electrons. The van der Waals surface area contributed by atoms with Crippen molar-refractivity contribution < 1.29 is 5.11 Å². The van der Waals surface area contributed by atoms with Gasteiger partial charge >= 0.3 is 0 Å². The molecule has 0 saturated carbocycles. The molecule has 0 aliphatic heterocycles. The monoisotopic (exact) mass is 225 g/mol. The van der Waals surface area contributed by atoms with E-state index >= 15 is 0 Å². The fourth-order valence-corrected chi connectivity index (χ4v) is 2.55. The van der Waals surface area contributed by atoms with Crippen molar-refractivity contribution in [3.8, 4) is 0 Å². The predicted molar refractivity (Wildman–Crippen MR) is 69.4 cm³/mol. The fraction of sp³-hybridized carbons (Fsp3) is 0.857. The Morgan fingerprint density at radius 3 is 2.94 bits per heavy atom. The minimum absolute atomic E-state index is 0.307. The van der Waals surface area contributed by atoms with E-state index in [1.54, 1.807) is 5.57 Å². The van der Waals surface area contributed by atoms with Gasteiger partial charge in [0.05, 0.1) is 0 Å². The number of aliphatic hydroxyl groups excluding tert-OH is 1. The first-order chi connectivity index (χ1) is 7.65. The van der Waals surface area contributed by atoms with Crippen LogP contribution in [0.1, 0.15) is 40.0 Å². The van der Waals surface area contributed by atoms with Crippen molar-refractivity contribution in [2.24, 2.45) is 17.8 Å². The van der Waals surface area contributed by atoms with Crippen LogP contribution in [0.15, 0.2) is 11.6 Å². The molecule has 3 atom stereocenters. The zero-order valence-corrected chi connectivity index (χ0v) is 11.0. The van der Waals surface area contributed by atoms with Crippen molar-refractivity contribution in [3.05, 3.63) is 11.6 Å². The molecule has 0 aromatic carbocycles. The maximum atomic E-state index is 8.83. The first kappa shape index (κ1) is 13.7. The second kappa shape index (κ2) is 7.08. The molecular formula is C14H27NO. The number of hydrogen-bond donors (Lipinski definition) is 2. The number of nitrogens with one attached hydrogen (secondary N) is 1. The van der Waals surface area contributed by atoms with Gasteiger partial charge in [-0.05, 0) is 50.5 Å². The van der Waals surface area contributed by atoms with Gasteiger partial charge in [-0.2, -0.15) is 0 Å². The van der Waals surface area contributed by atoms with E-state index in [-0.39, 0.29) is 0 Å². The number of rotatable bonds is 6. The summed E-state index contributed by atoms with van der Waals surface area (Å²) in [5, 5.41) is 12.4. The summed E-state index contributed by atoms with van der Waals surface area (Å²) in [7, 11) is 0. The lowest BCUT2D eigenvalue weighted by Gasteiger charge is -2.29. The molecule has 0 saturated heterocycles. The van der Waals surface area contributed by atoms with Crippen LogP contribution in [-0.4, -0.2) is 24.8 Å². The quantitative estimate of drug-likeness (QED) is 0.681. The summed E-state index contributed by atoms with van der Waals surface area (Å²) in [6.45, 7) is 9.24. The third-order valence-corrected chi connectivity index (χ3v) is 3.84. The van der Waals surface area contributed by atoms with Gasteiger partial charge in [-0.3, -0.25) is 0 Å². The topological polar surface area (TPSA) is 32.3 Å². The van der Waals surface area contributed by atoms with Crippen LogP contribution in [0.2, 0.25) is 0 Å². The van der Waals surface area contributed by atoms with Crippen LogP contribution >= 0.6 is 0 Å². The van der Waals surface area contributed by atoms with Crippen LogP contribution in [0.4, 0.5) is 0 Å². The molecular weight excluding hydrogens is 198 g/mol. The van der Waals surface area contributed by atoms with Gasteiger partial charge in [0.2, 0.25) is 0 Å². The van der Waals surface area contributed by atoms with Crippen molar-refractivity contribution in [1.82, 2.24) is 5.32 Å². The molecule has 2 heteroatoms. The van der Waals surface area contributed by atoms with Gasteiger partial charge in [-0.25, -0.2) is 0 Å². The first-order valence-corrected chi connectivity index (χ1v) is 6.63. The number of allylic oxidation sites excluding steroid dienone is 1. The SMILES string of the molecule is CC1=CCC[C@H](C)[C@H]1CNC[C@@H](C)CCO. The summed E-state index contributed by atoms with van der Waals surface area (Å²) in [6, 6.07) is 0. The number of hydrogen-bond acceptors (Lipinski definition) is 2. The van der Waals surface area contributed by atoms with E-state index in [2.05, 4.69) is 32.2 Å². The van der Waals surface area contributed by atoms with Crippen LogP contribution in [0.3, 0.4) is 0 Å². The maximum Gasteiger partial charge on any atom is 0.0434 e. The lowest BCUT2D eigenvalue weighted by molar-refractivity contribution is 0.257.